The maximum Gasteiger partial charge on any atom is 0.261 e. The van der Waals surface area contributed by atoms with Gasteiger partial charge in [-0.25, -0.2) is 8.42 Å². The van der Waals surface area contributed by atoms with Gasteiger partial charge in [0.15, 0.2) is 11.5 Å². The van der Waals surface area contributed by atoms with E-state index < -0.39 is 10.0 Å². The topological polar surface area (TPSA) is 77.1 Å². The number of hydrogen-bond acceptors (Lipinski definition) is 6. The minimum absolute atomic E-state index is 0.233. The maximum absolute atomic E-state index is 12.6. The third-order valence-corrected chi connectivity index (χ3v) is 6.34. The second-order valence-electron chi connectivity index (χ2n) is 7.49. The van der Waals surface area contributed by atoms with E-state index in [-0.39, 0.29) is 4.90 Å². The highest BCUT2D eigenvalue weighted by Crippen LogP contribution is 2.38. The van der Waals surface area contributed by atoms with Crippen molar-refractivity contribution in [3.05, 3.63) is 78.4 Å². The van der Waals surface area contributed by atoms with Crippen LogP contribution in [-0.2, 0) is 16.6 Å². The molecule has 0 unspecified atom stereocenters. The van der Waals surface area contributed by atoms with Gasteiger partial charge >= 0.3 is 0 Å². The summed E-state index contributed by atoms with van der Waals surface area (Å²) in [5.41, 5.74) is 1.53. The number of benzene rings is 3. The molecule has 0 saturated carbocycles. The van der Waals surface area contributed by atoms with Crippen LogP contribution in [0.15, 0.2) is 77.7 Å². The van der Waals surface area contributed by atoms with Gasteiger partial charge in [-0.3, -0.25) is 9.62 Å². The van der Waals surface area contributed by atoms with E-state index in [0.717, 1.165) is 5.56 Å². The number of hydrogen-bond donors (Lipinski definition) is 1. The van der Waals surface area contributed by atoms with Gasteiger partial charge in [0.05, 0.1) is 4.90 Å². The fourth-order valence-corrected chi connectivity index (χ4v) is 4.48. The van der Waals surface area contributed by atoms with E-state index in [1.54, 1.807) is 36.4 Å². The van der Waals surface area contributed by atoms with Crippen LogP contribution in [0.5, 0.6) is 17.2 Å². The van der Waals surface area contributed by atoms with E-state index in [1.165, 1.54) is 0 Å². The van der Waals surface area contributed by atoms with E-state index in [4.69, 9.17) is 14.2 Å². The Labute approximate surface area is 188 Å². The average molecular weight is 455 g/mol. The van der Waals surface area contributed by atoms with Crippen molar-refractivity contribution in [2.45, 2.75) is 11.4 Å². The van der Waals surface area contributed by atoms with Gasteiger partial charge in [-0.1, -0.05) is 36.4 Å². The largest absolute Gasteiger partial charge is 0.488 e. The highest BCUT2D eigenvalue weighted by Gasteiger charge is 2.17. The Morgan fingerprint density at radius 3 is 2.59 bits per heavy atom. The number of anilines is 1. The summed E-state index contributed by atoms with van der Waals surface area (Å²) >= 11 is 0. The van der Waals surface area contributed by atoms with Crippen LogP contribution >= 0.6 is 0 Å². The Balaban J connectivity index is 1.32. The maximum atomic E-state index is 12.6. The van der Waals surface area contributed by atoms with Gasteiger partial charge < -0.3 is 14.2 Å². The van der Waals surface area contributed by atoms with E-state index in [0.29, 0.717) is 55.8 Å². The number of rotatable bonds is 9. The Hall–Kier alpha value is -3.23. The Kier molecular flexibility index (Phi) is 6.82. The predicted molar refractivity (Wildman–Crippen MR) is 123 cm³/mol. The Bertz CT molecular complexity index is 1150. The number of nitrogens with zero attached hydrogens (tertiary/aromatic N) is 1. The fraction of sp³-hybridized carbons (Fsp3) is 0.250. The number of sulfonamides is 1. The minimum Gasteiger partial charge on any atom is -0.488 e. The van der Waals surface area contributed by atoms with Crippen molar-refractivity contribution in [1.82, 2.24) is 4.90 Å². The SMILES string of the molecule is CN(CCOc1cccc2c1OCCO2)Cc1cccc(NS(=O)(=O)c2ccccc2)c1. The van der Waals surface area contributed by atoms with Crippen molar-refractivity contribution in [3.63, 3.8) is 0 Å². The highest BCUT2D eigenvalue weighted by molar-refractivity contribution is 7.92. The monoisotopic (exact) mass is 454 g/mol. The summed E-state index contributed by atoms with van der Waals surface area (Å²) in [7, 11) is -1.63. The third-order valence-electron chi connectivity index (χ3n) is 4.95. The molecule has 0 aromatic heterocycles. The van der Waals surface area contributed by atoms with Crippen molar-refractivity contribution in [2.75, 3.05) is 38.1 Å². The molecule has 8 heteroatoms. The lowest BCUT2D eigenvalue weighted by atomic mass is 10.2. The lowest BCUT2D eigenvalue weighted by molar-refractivity contribution is 0.158. The first-order chi connectivity index (χ1) is 15.5. The Morgan fingerprint density at radius 2 is 1.75 bits per heavy atom. The molecule has 1 heterocycles. The van der Waals surface area contributed by atoms with Crippen LogP contribution in [0, 0.1) is 0 Å². The molecule has 1 N–H and O–H groups in total. The second-order valence-corrected chi connectivity index (χ2v) is 9.17. The van der Waals surface area contributed by atoms with Crippen LogP contribution in [-0.4, -0.2) is 46.7 Å². The number of para-hydroxylation sites is 1. The van der Waals surface area contributed by atoms with E-state index >= 15 is 0 Å². The summed E-state index contributed by atoms with van der Waals surface area (Å²) in [6.45, 7) is 2.87. The van der Waals surface area contributed by atoms with Crippen molar-refractivity contribution in [1.29, 1.82) is 0 Å². The van der Waals surface area contributed by atoms with Crippen LogP contribution in [0.2, 0.25) is 0 Å². The normalized spacial score (nSPS) is 13.1. The van der Waals surface area contributed by atoms with E-state index in [9.17, 15) is 8.42 Å². The molecule has 0 amide bonds. The van der Waals surface area contributed by atoms with Crippen molar-refractivity contribution in [3.8, 4) is 17.2 Å². The lowest BCUT2D eigenvalue weighted by Crippen LogP contribution is -2.24. The van der Waals surface area contributed by atoms with Gasteiger partial charge in [-0.15, -0.1) is 0 Å². The first-order valence-electron chi connectivity index (χ1n) is 10.4. The van der Waals surface area contributed by atoms with Gasteiger partial charge in [-0.05, 0) is 49.0 Å². The summed E-state index contributed by atoms with van der Waals surface area (Å²) < 4.78 is 44.9. The Morgan fingerprint density at radius 1 is 0.969 bits per heavy atom. The van der Waals surface area contributed by atoms with Crippen LogP contribution in [0.1, 0.15) is 5.56 Å². The molecule has 3 aromatic carbocycles. The zero-order valence-electron chi connectivity index (χ0n) is 17.9. The van der Waals surface area contributed by atoms with Crippen molar-refractivity contribution in [2.24, 2.45) is 0 Å². The summed E-state index contributed by atoms with van der Waals surface area (Å²) in [6, 6.07) is 21.3. The molecule has 0 bridgehead atoms. The number of nitrogens with one attached hydrogen (secondary N) is 1. The molecule has 7 nitrogen and oxygen atoms in total. The molecule has 3 aromatic rings. The highest BCUT2D eigenvalue weighted by atomic mass is 32.2. The van der Waals surface area contributed by atoms with Crippen molar-refractivity contribution < 1.29 is 22.6 Å². The van der Waals surface area contributed by atoms with Crippen molar-refractivity contribution >= 4 is 15.7 Å². The molecule has 0 aliphatic carbocycles. The number of fused-ring (bicyclic) bond motifs is 1. The van der Waals surface area contributed by atoms with E-state index in [2.05, 4.69) is 9.62 Å². The predicted octanol–water partition coefficient (Wildman–Crippen LogP) is 3.77. The van der Waals surface area contributed by atoms with Crippen LogP contribution < -0.4 is 18.9 Å². The van der Waals surface area contributed by atoms with Crippen LogP contribution in [0.25, 0.3) is 0 Å². The first-order valence-corrected chi connectivity index (χ1v) is 11.9. The second kappa shape index (κ2) is 9.93. The molecule has 0 fully saturated rings. The van der Waals surface area contributed by atoms with Crippen LogP contribution in [0.3, 0.4) is 0 Å². The average Bonchev–Trinajstić information content (AvgIpc) is 2.80. The lowest BCUT2D eigenvalue weighted by Gasteiger charge is -2.22. The fourth-order valence-electron chi connectivity index (χ4n) is 3.41. The van der Waals surface area contributed by atoms with Gasteiger partial charge in [0.2, 0.25) is 5.75 Å². The number of ether oxygens (including phenoxy) is 3. The molecule has 0 radical (unpaired) electrons. The minimum atomic E-state index is -3.62. The summed E-state index contributed by atoms with van der Waals surface area (Å²) in [4.78, 5) is 2.34. The molecular formula is C24H26N2O5S. The van der Waals surface area contributed by atoms with Gasteiger partial charge in [0.25, 0.3) is 10.0 Å². The van der Waals surface area contributed by atoms with Crippen LogP contribution in [0.4, 0.5) is 5.69 Å². The summed E-state index contributed by atoms with van der Waals surface area (Å²) in [5.74, 6) is 2.03. The molecule has 1 aliphatic rings. The summed E-state index contributed by atoms with van der Waals surface area (Å²) in [5, 5.41) is 0. The van der Waals surface area contributed by atoms with E-state index in [1.807, 2.05) is 43.4 Å². The standard InChI is InChI=1S/C24H26N2O5S/c1-26(13-14-29-22-11-6-12-23-24(22)31-16-15-30-23)18-19-7-5-8-20(17-19)25-32(27,28)21-9-3-2-4-10-21/h2-12,17,25H,13-16,18H2,1H3. The molecule has 4 rings (SSSR count). The molecular weight excluding hydrogens is 428 g/mol. The molecule has 32 heavy (non-hydrogen) atoms. The number of likely N-dealkylation sites (N-methyl/N-ethyl adjacent to an activating group) is 1. The smallest absolute Gasteiger partial charge is 0.261 e. The quantitative estimate of drug-likeness (QED) is 0.530. The first kappa shape index (κ1) is 22.0. The van der Waals surface area contributed by atoms with Gasteiger partial charge in [0, 0.05) is 18.8 Å². The summed E-state index contributed by atoms with van der Waals surface area (Å²) in [6.07, 6.45) is 0. The zero-order chi connectivity index (χ0) is 22.4. The molecule has 1 aliphatic heterocycles. The zero-order valence-corrected chi connectivity index (χ0v) is 18.7. The molecule has 0 atom stereocenters. The van der Waals surface area contributed by atoms with Gasteiger partial charge in [-0.2, -0.15) is 0 Å². The van der Waals surface area contributed by atoms with Gasteiger partial charge in [0.1, 0.15) is 19.8 Å². The third kappa shape index (κ3) is 5.52. The molecule has 168 valence electrons. The molecule has 0 spiro atoms. The molecule has 0 saturated heterocycles.